The van der Waals surface area contributed by atoms with Crippen molar-refractivity contribution in [2.45, 2.75) is 17.5 Å². The van der Waals surface area contributed by atoms with E-state index in [1.165, 1.54) is 11.8 Å². The molecular weight excluding hydrogens is 388 g/mol. The first kappa shape index (κ1) is 19.0. The number of fused-ring (bicyclic) bond motifs is 1. The third-order valence-electron chi connectivity index (χ3n) is 4.52. The standard InChI is InChI=1S/C22H18N2O4S/c1-27-20-9-8-15(13-25)11-16(20)14-29-22-23-19-7-3-2-6-18(19)21(26)24(22)12-17-5-4-10-28-17/h2-11,13H,12,14H2,1H3. The van der Waals surface area contributed by atoms with Gasteiger partial charge in [-0.2, -0.15) is 0 Å². The Labute approximate surface area is 171 Å². The Morgan fingerprint density at radius 1 is 1.17 bits per heavy atom. The molecule has 0 aliphatic heterocycles. The molecule has 4 rings (SSSR count). The van der Waals surface area contributed by atoms with Crippen LogP contribution in [-0.4, -0.2) is 22.9 Å². The van der Waals surface area contributed by atoms with Gasteiger partial charge in [0, 0.05) is 16.9 Å². The van der Waals surface area contributed by atoms with Crippen LogP contribution in [0.15, 0.2) is 75.2 Å². The Bertz CT molecular complexity index is 1220. The van der Waals surface area contributed by atoms with Gasteiger partial charge in [-0.3, -0.25) is 14.2 Å². The molecule has 0 aliphatic rings. The second kappa shape index (κ2) is 8.36. The molecule has 0 unspecified atom stereocenters. The molecule has 6 nitrogen and oxygen atoms in total. The number of aromatic nitrogens is 2. The average molecular weight is 406 g/mol. The van der Waals surface area contributed by atoms with E-state index in [0.717, 1.165) is 11.8 Å². The van der Waals surface area contributed by atoms with Crippen molar-refractivity contribution in [1.82, 2.24) is 9.55 Å². The van der Waals surface area contributed by atoms with Crippen LogP contribution >= 0.6 is 11.8 Å². The Balaban J connectivity index is 1.74. The van der Waals surface area contributed by atoms with Crippen LogP contribution in [0.4, 0.5) is 0 Å². The summed E-state index contributed by atoms with van der Waals surface area (Å²) >= 11 is 1.41. The molecule has 0 bridgehead atoms. The molecule has 146 valence electrons. The molecule has 0 spiro atoms. The molecule has 0 radical (unpaired) electrons. The van der Waals surface area contributed by atoms with E-state index in [1.807, 2.05) is 24.3 Å². The van der Waals surface area contributed by atoms with E-state index in [9.17, 15) is 9.59 Å². The van der Waals surface area contributed by atoms with Gasteiger partial charge in [-0.05, 0) is 42.5 Å². The number of rotatable bonds is 7. The van der Waals surface area contributed by atoms with Gasteiger partial charge in [0.1, 0.15) is 17.8 Å². The molecule has 0 saturated carbocycles. The van der Waals surface area contributed by atoms with E-state index in [2.05, 4.69) is 0 Å². The molecule has 0 fully saturated rings. The number of methoxy groups -OCH3 is 1. The minimum atomic E-state index is -0.122. The lowest BCUT2D eigenvalue weighted by Crippen LogP contribution is -2.23. The second-order valence-electron chi connectivity index (χ2n) is 6.36. The summed E-state index contributed by atoms with van der Waals surface area (Å²) in [6.45, 7) is 0.289. The van der Waals surface area contributed by atoms with Gasteiger partial charge in [-0.25, -0.2) is 4.98 Å². The molecule has 0 amide bonds. The van der Waals surface area contributed by atoms with Crippen molar-refractivity contribution in [3.05, 3.63) is 88.1 Å². The van der Waals surface area contributed by atoms with Crippen LogP contribution in [0, 0.1) is 0 Å². The Morgan fingerprint density at radius 2 is 2.03 bits per heavy atom. The van der Waals surface area contributed by atoms with Gasteiger partial charge >= 0.3 is 0 Å². The summed E-state index contributed by atoms with van der Waals surface area (Å²) in [7, 11) is 1.59. The Hall–Kier alpha value is -3.32. The number of aldehydes is 1. The highest BCUT2D eigenvalue weighted by Crippen LogP contribution is 2.28. The highest BCUT2D eigenvalue weighted by atomic mass is 32.2. The lowest BCUT2D eigenvalue weighted by molar-refractivity contribution is 0.112. The Kier molecular flexibility index (Phi) is 5.48. The van der Waals surface area contributed by atoms with Gasteiger partial charge in [0.2, 0.25) is 0 Å². The summed E-state index contributed by atoms with van der Waals surface area (Å²) in [5.74, 6) is 1.85. The van der Waals surface area contributed by atoms with Gasteiger partial charge in [0.25, 0.3) is 5.56 Å². The van der Waals surface area contributed by atoms with Crippen LogP contribution in [0.3, 0.4) is 0 Å². The molecule has 0 atom stereocenters. The van der Waals surface area contributed by atoms with E-state index in [4.69, 9.17) is 14.1 Å². The number of carbonyl (C=O) groups excluding carboxylic acids is 1. The highest BCUT2D eigenvalue weighted by molar-refractivity contribution is 7.98. The zero-order valence-corrected chi connectivity index (χ0v) is 16.5. The predicted octanol–water partition coefficient (Wildman–Crippen LogP) is 4.15. The van der Waals surface area contributed by atoms with Crippen molar-refractivity contribution >= 4 is 29.0 Å². The van der Waals surface area contributed by atoms with E-state index in [1.54, 1.807) is 48.3 Å². The highest BCUT2D eigenvalue weighted by Gasteiger charge is 2.14. The molecule has 2 aromatic heterocycles. The molecule has 0 saturated heterocycles. The van der Waals surface area contributed by atoms with Gasteiger partial charge in [-0.1, -0.05) is 23.9 Å². The van der Waals surface area contributed by atoms with Crippen LogP contribution in [0.5, 0.6) is 5.75 Å². The van der Waals surface area contributed by atoms with E-state index >= 15 is 0 Å². The van der Waals surface area contributed by atoms with E-state index in [-0.39, 0.29) is 12.1 Å². The molecular formula is C22H18N2O4S. The number of hydrogen-bond acceptors (Lipinski definition) is 6. The fraction of sp³-hybridized carbons (Fsp3) is 0.136. The van der Waals surface area contributed by atoms with Crippen molar-refractivity contribution in [1.29, 1.82) is 0 Å². The van der Waals surface area contributed by atoms with Crippen molar-refractivity contribution in [3.8, 4) is 5.75 Å². The first-order valence-corrected chi connectivity index (χ1v) is 9.95. The summed E-state index contributed by atoms with van der Waals surface area (Å²) < 4.78 is 12.5. The number of benzene rings is 2. The van der Waals surface area contributed by atoms with Crippen LogP contribution in [0.2, 0.25) is 0 Å². The summed E-state index contributed by atoms with van der Waals surface area (Å²) in [6.07, 6.45) is 2.38. The third kappa shape index (κ3) is 3.95. The largest absolute Gasteiger partial charge is 0.496 e. The van der Waals surface area contributed by atoms with E-state index in [0.29, 0.717) is 38.9 Å². The number of ether oxygens (including phenoxy) is 1. The fourth-order valence-electron chi connectivity index (χ4n) is 3.08. The second-order valence-corrected chi connectivity index (χ2v) is 7.30. The zero-order valence-electron chi connectivity index (χ0n) is 15.7. The van der Waals surface area contributed by atoms with Crippen molar-refractivity contribution in [2.75, 3.05) is 7.11 Å². The minimum absolute atomic E-state index is 0.122. The van der Waals surface area contributed by atoms with Crippen LogP contribution in [0.25, 0.3) is 10.9 Å². The molecule has 4 aromatic rings. The topological polar surface area (TPSA) is 74.3 Å². The summed E-state index contributed by atoms with van der Waals surface area (Å²) in [5, 5.41) is 1.13. The molecule has 7 heteroatoms. The minimum Gasteiger partial charge on any atom is -0.496 e. The molecule has 29 heavy (non-hydrogen) atoms. The van der Waals surface area contributed by atoms with Gasteiger partial charge in [0.05, 0.1) is 30.8 Å². The van der Waals surface area contributed by atoms with Gasteiger partial charge in [-0.15, -0.1) is 0 Å². The lowest BCUT2D eigenvalue weighted by atomic mass is 10.1. The predicted molar refractivity (Wildman–Crippen MR) is 112 cm³/mol. The van der Waals surface area contributed by atoms with Crippen molar-refractivity contribution in [2.24, 2.45) is 0 Å². The number of hydrogen-bond donors (Lipinski definition) is 0. The lowest BCUT2D eigenvalue weighted by Gasteiger charge is -2.13. The molecule has 0 aliphatic carbocycles. The third-order valence-corrected chi connectivity index (χ3v) is 5.54. The molecule has 2 heterocycles. The molecule has 2 aromatic carbocycles. The monoisotopic (exact) mass is 406 g/mol. The van der Waals surface area contributed by atoms with Gasteiger partial charge in [0.15, 0.2) is 5.16 Å². The van der Waals surface area contributed by atoms with E-state index < -0.39 is 0 Å². The number of carbonyl (C=O) groups is 1. The number of furan rings is 1. The number of thioether (sulfide) groups is 1. The zero-order chi connectivity index (χ0) is 20.2. The Morgan fingerprint density at radius 3 is 2.79 bits per heavy atom. The van der Waals surface area contributed by atoms with Crippen LogP contribution in [-0.2, 0) is 12.3 Å². The maximum Gasteiger partial charge on any atom is 0.262 e. The van der Waals surface area contributed by atoms with Gasteiger partial charge < -0.3 is 9.15 Å². The smallest absolute Gasteiger partial charge is 0.262 e. The maximum atomic E-state index is 13.1. The van der Waals surface area contributed by atoms with Crippen LogP contribution in [0.1, 0.15) is 21.7 Å². The fourth-order valence-corrected chi connectivity index (χ4v) is 4.06. The van der Waals surface area contributed by atoms with Crippen LogP contribution < -0.4 is 10.3 Å². The molecule has 0 N–H and O–H groups in total. The average Bonchev–Trinajstić information content (AvgIpc) is 3.27. The first-order chi connectivity index (χ1) is 14.2. The SMILES string of the molecule is COc1ccc(C=O)cc1CSc1nc2ccccc2c(=O)n1Cc1ccco1. The number of para-hydroxylation sites is 1. The first-order valence-electron chi connectivity index (χ1n) is 8.96. The van der Waals surface area contributed by atoms with Crippen molar-refractivity contribution < 1.29 is 13.9 Å². The number of nitrogens with zero attached hydrogens (tertiary/aromatic N) is 2. The van der Waals surface area contributed by atoms with Crippen molar-refractivity contribution in [3.63, 3.8) is 0 Å². The quantitative estimate of drug-likeness (QED) is 0.261. The summed E-state index contributed by atoms with van der Waals surface area (Å²) in [5.41, 5.74) is 1.95. The normalized spacial score (nSPS) is 10.9. The summed E-state index contributed by atoms with van der Waals surface area (Å²) in [4.78, 5) is 29.0. The summed E-state index contributed by atoms with van der Waals surface area (Å²) in [6, 6.07) is 16.2. The maximum absolute atomic E-state index is 13.1.